The number of nitrogens with zero attached hydrogens (tertiary/aromatic N) is 1. The number of amides is 1. The molecule has 1 saturated heterocycles. The first-order valence-electron chi connectivity index (χ1n) is 6.84. The Morgan fingerprint density at radius 2 is 2.00 bits per heavy atom. The van der Waals surface area contributed by atoms with Crippen LogP contribution in [0, 0.1) is 0 Å². The minimum Gasteiger partial charge on any atom is -0.468 e. The summed E-state index contributed by atoms with van der Waals surface area (Å²) >= 11 is 1.87. The number of benzene rings is 1. The summed E-state index contributed by atoms with van der Waals surface area (Å²) in [5, 5.41) is 0.360. The molecule has 2 heterocycles. The van der Waals surface area contributed by atoms with E-state index >= 15 is 0 Å². The van der Waals surface area contributed by atoms with Crippen LogP contribution in [0.4, 0.5) is 0 Å². The highest BCUT2D eigenvalue weighted by Crippen LogP contribution is 2.34. The molecular weight excluding hydrogens is 270 g/mol. The molecule has 1 aliphatic heterocycles. The molecule has 3 rings (SSSR count). The van der Waals surface area contributed by atoms with Crippen molar-refractivity contribution in [3.8, 4) is 0 Å². The molecule has 0 N–H and O–H groups in total. The van der Waals surface area contributed by atoms with Gasteiger partial charge in [-0.05, 0) is 30.7 Å². The van der Waals surface area contributed by atoms with Gasteiger partial charge in [0.05, 0.1) is 11.5 Å². The van der Waals surface area contributed by atoms with E-state index in [9.17, 15) is 4.79 Å². The Labute approximate surface area is 123 Å². The summed E-state index contributed by atoms with van der Waals surface area (Å²) in [6.45, 7) is 1.59. The van der Waals surface area contributed by atoms with E-state index in [1.54, 1.807) is 6.26 Å². The third-order valence-corrected chi connectivity index (χ3v) is 4.80. The molecule has 2 aromatic rings. The molecule has 1 amide bonds. The Morgan fingerprint density at radius 1 is 1.15 bits per heavy atom. The normalized spacial score (nSPS) is 19.6. The van der Waals surface area contributed by atoms with Gasteiger partial charge in [-0.3, -0.25) is 4.79 Å². The van der Waals surface area contributed by atoms with Crippen LogP contribution in [0.15, 0.2) is 53.1 Å². The first kappa shape index (κ1) is 13.3. The van der Waals surface area contributed by atoms with Crippen molar-refractivity contribution in [3.05, 3.63) is 60.1 Å². The number of carbonyl (C=O) groups excluding carboxylic acids is 1. The lowest BCUT2D eigenvalue weighted by Gasteiger charge is -2.20. The van der Waals surface area contributed by atoms with Gasteiger partial charge < -0.3 is 9.32 Å². The van der Waals surface area contributed by atoms with Crippen LogP contribution in [0.5, 0.6) is 0 Å². The van der Waals surface area contributed by atoms with Crippen molar-refractivity contribution in [1.29, 1.82) is 0 Å². The van der Waals surface area contributed by atoms with Crippen LogP contribution in [-0.2, 0) is 0 Å². The molecular formula is C16H17NO2S. The first-order valence-corrected chi connectivity index (χ1v) is 7.89. The van der Waals surface area contributed by atoms with Crippen LogP contribution < -0.4 is 0 Å². The second-order valence-electron chi connectivity index (χ2n) is 4.82. The molecule has 1 aliphatic rings. The summed E-state index contributed by atoms with van der Waals surface area (Å²) in [4.78, 5) is 14.4. The SMILES string of the molecule is O=C(c1ccccc1)N1CCS[C@H](c2ccco2)CC1. The molecule has 1 aromatic heterocycles. The monoisotopic (exact) mass is 287 g/mol. The summed E-state index contributed by atoms with van der Waals surface area (Å²) in [5.74, 6) is 2.10. The van der Waals surface area contributed by atoms with Crippen LogP contribution in [0.1, 0.15) is 27.8 Å². The van der Waals surface area contributed by atoms with Crippen molar-refractivity contribution >= 4 is 17.7 Å². The number of hydrogen-bond donors (Lipinski definition) is 0. The lowest BCUT2D eigenvalue weighted by molar-refractivity contribution is 0.0766. The van der Waals surface area contributed by atoms with Crippen molar-refractivity contribution < 1.29 is 9.21 Å². The average Bonchev–Trinajstić information content (AvgIpc) is 2.92. The second kappa shape index (κ2) is 6.18. The van der Waals surface area contributed by atoms with E-state index in [2.05, 4.69) is 0 Å². The minimum atomic E-state index is 0.131. The maximum Gasteiger partial charge on any atom is 0.253 e. The molecule has 1 aromatic carbocycles. The standard InChI is InChI=1S/C16H17NO2S/c18-16(13-5-2-1-3-6-13)17-9-8-15(20-12-10-17)14-7-4-11-19-14/h1-7,11,15H,8-10,12H2/t15-/m0/s1. The largest absolute Gasteiger partial charge is 0.468 e. The summed E-state index contributed by atoms with van der Waals surface area (Å²) in [5.41, 5.74) is 0.772. The highest BCUT2D eigenvalue weighted by atomic mass is 32.2. The van der Waals surface area contributed by atoms with Crippen LogP contribution in [0.25, 0.3) is 0 Å². The second-order valence-corrected chi connectivity index (χ2v) is 6.13. The topological polar surface area (TPSA) is 33.5 Å². The Bertz CT molecular complexity index is 553. The van der Waals surface area contributed by atoms with Crippen LogP contribution in [0.2, 0.25) is 0 Å². The minimum absolute atomic E-state index is 0.131. The molecule has 0 spiro atoms. The van der Waals surface area contributed by atoms with E-state index in [0.29, 0.717) is 5.25 Å². The molecule has 4 heteroatoms. The zero-order valence-corrected chi connectivity index (χ0v) is 12.0. The Hall–Kier alpha value is -1.68. The zero-order chi connectivity index (χ0) is 13.8. The van der Waals surface area contributed by atoms with E-state index in [1.165, 1.54) is 0 Å². The Kier molecular flexibility index (Phi) is 4.11. The lowest BCUT2D eigenvalue weighted by Crippen LogP contribution is -2.32. The molecule has 0 aliphatic carbocycles. The van der Waals surface area contributed by atoms with Crippen molar-refractivity contribution in [3.63, 3.8) is 0 Å². The maximum atomic E-state index is 12.4. The summed E-state index contributed by atoms with van der Waals surface area (Å²) in [6.07, 6.45) is 2.66. The van der Waals surface area contributed by atoms with Gasteiger partial charge >= 0.3 is 0 Å². The highest BCUT2D eigenvalue weighted by molar-refractivity contribution is 7.99. The van der Waals surface area contributed by atoms with E-state index in [1.807, 2.05) is 59.1 Å². The Morgan fingerprint density at radius 3 is 2.75 bits per heavy atom. The molecule has 0 radical (unpaired) electrons. The fraction of sp³-hybridized carbons (Fsp3) is 0.312. The number of furan rings is 1. The molecule has 1 fully saturated rings. The van der Waals surface area contributed by atoms with Gasteiger partial charge in [0.25, 0.3) is 5.91 Å². The number of rotatable bonds is 2. The van der Waals surface area contributed by atoms with Crippen molar-refractivity contribution in [2.75, 3.05) is 18.8 Å². The van der Waals surface area contributed by atoms with E-state index < -0.39 is 0 Å². The quantitative estimate of drug-likeness (QED) is 0.846. The third kappa shape index (κ3) is 2.90. The Balaban J connectivity index is 1.67. The first-order chi connectivity index (χ1) is 9.84. The number of thioether (sulfide) groups is 1. The highest BCUT2D eigenvalue weighted by Gasteiger charge is 2.23. The summed E-state index contributed by atoms with van der Waals surface area (Å²) in [7, 11) is 0. The van der Waals surface area contributed by atoms with Crippen molar-refractivity contribution in [2.45, 2.75) is 11.7 Å². The van der Waals surface area contributed by atoms with Gasteiger partial charge in [-0.25, -0.2) is 0 Å². The van der Waals surface area contributed by atoms with E-state index in [0.717, 1.165) is 36.6 Å². The van der Waals surface area contributed by atoms with E-state index in [-0.39, 0.29) is 5.91 Å². The average molecular weight is 287 g/mol. The molecule has 0 unspecified atom stereocenters. The predicted molar refractivity (Wildman–Crippen MR) is 80.9 cm³/mol. The van der Waals surface area contributed by atoms with E-state index in [4.69, 9.17) is 4.42 Å². The molecule has 104 valence electrons. The van der Waals surface area contributed by atoms with Gasteiger partial charge in [-0.2, -0.15) is 0 Å². The van der Waals surface area contributed by atoms with Gasteiger partial charge in [0.2, 0.25) is 0 Å². The van der Waals surface area contributed by atoms with Gasteiger partial charge in [-0.1, -0.05) is 18.2 Å². The number of hydrogen-bond acceptors (Lipinski definition) is 3. The molecule has 3 nitrogen and oxygen atoms in total. The fourth-order valence-corrected chi connectivity index (χ4v) is 3.62. The van der Waals surface area contributed by atoms with Gasteiger partial charge in [0, 0.05) is 24.4 Å². The smallest absolute Gasteiger partial charge is 0.253 e. The third-order valence-electron chi connectivity index (χ3n) is 3.51. The zero-order valence-electron chi connectivity index (χ0n) is 11.2. The lowest BCUT2D eigenvalue weighted by atomic mass is 10.2. The summed E-state index contributed by atoms with van der Waals surface area (Å²) < 4.78 is 5.48. The molecule has 0 saturated carbocycles. The van der Waals surface area contributed by atoms with Crippen LogP contribution >= 0.6 is 11.8 Å². The van der Waals surface area contributed by atoms with Crippen LogP contribution in [0.3, 0.4) is 0 Å². The van der Waals surface area contributed by atoms with Crippen molar-refractivity contribution in [1.82, 2.24) is 4.90 Å². The van der Waals surface area contributed by atoms with Gasteiger partial charge in [0.15, 0.2) is 0 Å². The fourth-order valence-electron chi connectivity index (χ4n) is 2.44. The molecule has 1 atom stereocenters. The van der Waals surface area contributed by atoms with Crippen molar-refractivity contribution in [2.24, 2.45) is 0 Å². The maximum absolute atomic E-state index is 12.4. The number of carbonyl (C=O) groups is 1. The summed E-state index contributed by atoms with van der Waals surface area (Å²) in [6, 6.07) is 13.5. The molecule has 0 bridgehead atoms. The van der Waals surface area contributed by atoms with Crippen LogP contribution in [-0.4, -0.2) is 29.6 Å². The van der Waals surface area contributed by atoms with Gasteiger partial charge in [-0.15, -0.1) is 11.8 Å². The molecule has 20 heavy (non-hydrogen) atoms. The predicted octanol–water partition coefficient (Wildman–Crippen LogP) is 3.60. The van der Waals surface area contributed by atoms with Gasteiger partial charge in [0.1, 0.15) is 5.76 Å².